The Hall–Kier alpha value is -2.75. The molecule has 0 aliphatic carbocycles. The Kier molecular flexibility index (Phi) is 4.10. The minimum atomic E-state index is -0.244. The van der Waals surface area contributed by atoms with Gasteiger partial charge in [0.2, 0.25) is 0 Å². The van der Waals surface area contributed by atoms with Gasteiger partial charge in [-0.15, -0.1) is 0 Å². The van der Waals surface area contributed by atoms with Gasteiger partial charge in [-0.2, -0.15) is 0 Å². The number of hydrogen-bond donors (Lipinski definition) is 1. The average Bonchev–Trinajstić information content (AvgIpc) is 2.96. The van der Waals surface area contributed by atoms with Crippen molar-refractivity contribution in [1.29, 1.82) is 0 Å². The molecule has 2 aromatic rings. The highest BCUT2D eigenvalue weighted by atomic mass is 16.5. The number of hydrogen-bond acceptors (Lipinski definition) is 4. The van der Waals surface area contributed by atoms with Crippen molar-refractivity contribution in [2.24, 2.45) is 0 Å². The molecule has 1 aliphatic heterocycles. The first-order valence-corrected chi connectivity index (χ1v) is 7.20. The first-order valence-electron chi connectivity index (χ1n) is 7.20. The third kappa shape index (κ3) is 3.11. The molecule has 2 aromatic carbocycles. The Labute approximate surface area is 129 Å². The fraction of sp³-hybridized carbons (Fsp3) is 0.167. The average molecular weight is 295 g/mol. The summed E-state index contributed by atoms with van der Waals surface area (Å²) >= 11 is 0. The van der Waals surface area contributed by atoms with Crippen LogP contribution in [0.4, 0.5) is 5.69 Å². The van der Waals surface area contributed by atoms with Crippen LogP contribution in [-0.4, -0.2) is 12.6 Å². The Morgan fingerprint density at radius 2 is 1.82 bits per heavy atom. The summed E-state index contributed by atoms with van der Waals surface area (Å²) in [4.78, 5) is 11.6. The lowest BCUT2D eigenvalue weighted by Crippen LogP contribution is -2.05. The Morgan fingerprint density at radius 3 is 2.55 bits per heavy atom. The summed E-state index contributed by atoms with van der Waals surface area (Å²) < 4.78 is 10.9. The van der Waals surface area contributed by atoms with Crippen LogP contribution in [0.2, 0.25) is 0 Å². The Balaban J connectivity index is 1.84. The third-order valence-electron chi connectivity index (χ3n) is 3.46. The number of carbonyl (C=O) groups is 1. The lowest BCUT2D eigenvalue weighted by atomic mass is 10.1. The van der Waals surface area contributed by atoms with Gasteiger partial charge < -0.3 is 14.8 Å². The minimum absolute atomic E-state index is 0.244. The maximum absolute atomic E-state index is 11.6. The van der Waals surface area contributed by atoms with E-state index in [9.17, 15) is 4.79 Å². The van der Waals surface area contributed by atoms with Gasteiger partial charge in [0.25, 0.3) is 0 Å². The first-order chi connectivity index (χ1) is 10.7. The van der Waals surface area contributed by atoms with Crippen LogP contribution < -0.4 is 10.1 Å². The SMILES string of the molecule is C/C(Nc1ccccc1Oc1ccccc1)=C1\CCOC1=O. The number of allylic oxidation sites excluding steroid dienone is 1. The van der Waals surface area contributed by atoms with Crippen LogP contribution >= 0.6 is 0 Å². The highest BCUT2D eigenvalue weighted by molar-refractivity contribution is 5.91. The van der Waals surface area contributed by atoms with E-state index in [1.165, 1.54) is 0 Å². The van der Waals surface area contributed by atoms with E-state index in [4.69, 9.17) is 9.47 Å². The maximum Gasteiger partial charge on any atom is 0.335 e. The molecule has 0 amide bonds. The largest absolute Gasteiger partial charge is 0.462 e. The molecular weight excluding hydrogens is 278 g/mol. The summed E-state index contributed by atoms with van der Waals surface area (Å²) in [7, 11) is 0. The van der Waals surface area contributed by atoms with Crippen molar-refractivity contribution in [3.63, 3.8) is 0 Å². The molecule has 0 saturated carbocycles. The normalized spacial score (nSPS) is 16.1. The van der Waals surface area contributed by atoms with E-state index in [1.807, 2.05) is 61.5 Å². The summed E-state index contributed by atoms with van der Waals surface area (Å²) in [5, 5.41) is 3.26. The zero-order valence-electron chi connectivity index (χ0n) is 12.3. The third-order valence-corrected chi connectivity index (χ3v) is 3.46. The van der Waals surface area contributed by atoms with Crippen molar-refractivity contribution in [3.8, 4) is 11.5 Å². The standard InChI is InChI=1S/C18H17NO3/c1-13(15-11-12-21-18(15)20)19-16-9-5-6-10-17(16)22-14-7-3-2-4-8-14/h2-10,19H,11-12H2,1H3/b15-13-. The zero-order valence-corrected chi connectivity index (χ0v) is 12.3. The van der Waals surface area contributed by atoms with Gasteiger partial charge in [0, 0.05) is 12.1 Å². The summed E-state index contributed by atoms with van der Waals surface area (Å²) in [6, 6.07) is 17.2. The lowest BCUT2D eigenvalue weighted by Gasteiger charge is -2.14. The second kappa shape index (κ2) is 6.35. The lowest BCUT2D eigenvalue weighted by molar-refractivity contribution is -0.135. The first kappa shape index (κ1) is 14.2. The Morgan fingerprint density at radius 1 is 1.09 bits per heavy atom. The molecule has 22 heavy (non-hydrogen) atoms. The predicted molar refractivity (Wildman–Crippen MR) is 84.9 cm³/mol. The second-order valence-electron chi connectivity index (χ2n) is 5.03. The molecule has 1 saturated heterocycles. The van der Waals surface area contributed by atoms with Gasteiger partial charge in [-0.25, -0.2) is 4.79 Å². The van der Waals surface area contributed by atoms with E-state index in [1.54, 1.807) is 0 Å². The number of cyclic esters (lactones) is 1. The van der Waals surface area contributed by atoms with Crippen LogP contribution in [0.1, 0.15) is 13.3 Å². The number of rotatable bonds is 4. The van der Waals surface area contributed by atoms with Crippen LogP contribution in [0.15, 0.2) is 65.9 Å². The van der Waals surface area contributed by atoms with Gasteiger partial charge >= 0.3 is 5.97 Å². The number of nitrogens with one attached hydrogen (secondary N) is 1. The van der Waals surface area contributed by atoms with Gasteiger partial charge in [-0.05, 0) is 31.2 Å². The van der Waals surface area contributed by atoms with Gasteiger partial charge in [0.05, 0.1) is 17.9 Å². The molecule has 1 aliphatic rings. The molecule has 112 valence electrons. The highest BCUT2D eigenvalue weighted by Crippen LogP contribution is 2.31. The van der Waals surface area contributed by atoms with Crippen molar-refractivity contribution in [1.82, 2.24) is 0 Å². The van der Waals surface area contributed by atoms with Crippen LogP contribution in [0.5, 0.6) is 11.5 Å². The van der Waals surface area contributed by atoms with Crippen LogP contribution in [-0.2, 0) is 9.53 Å². The molecule has 0 spiro atoms. The van der Waals surface area contributed by atoms with Crippen LogP contribution in [0.3, 0.4) is 0 Å². The van der Waals surface area contributed by atoms with E-state index < -0.39 is 0 Å². The Bertz CT molecular complexity index is 707. The van der Waals surface area contributed by atoms with Crippen LogP contribution in [0, 0.1) is 0 Å². The molecular formula is C18H17NO3. The second-order valence-corrected chi connectivity index (χ2v) is 5.03. The molecule has 0 unspecified atom stereocenters. The van der Waals surface area contributed by atoms with Crippen molar-refractivity contribution in [3.05, 3.63) is 65.9 Å². The van der Waals surface area contributed by atoms with Crippen molar-refractivity contribution >= 4 is 11.7 Å². The maximum atomic E-state index is 11.6. The number of carbonyl (C=O) groups excluding carboxylic acids is 1. The van der Waals surface area contributed by atoms with Crippen molar-refractivity contribution in [2.75, 3.05) is 11.9 Å². The minimum Gasteiger partial charge on any atom is -0.462 e. The number of benzene rings is 2. The molecule has 0 radical (unpaired) electrons. The predicted octanol–water partition coefficient (Wildman–Crippen LogP) is 4.11. The van der Waals surface area contributed by atoms with Gasteiger partial charge in [0.15, 0.2) is 5.75 Å². The highest BCUT2D eigenvalue weighted by Gasteiger charge is 2.21. The fourth-order valence-electron chi connectivity index (χ4n) is 2.33. The van der Waals surface area contributed by atoms with Crippen LogP contribution in [0.25, 0.3) is 0 Å². The van der Waals surface area contributed by atoms with Gasteiger partial charge in [0.1, 0.15) is 5.75 Å². The quantitative estimate of drug-likeness (QED) is 0.681. The molecule has 0 atom stereocenters. The molecule has 0 aromatic heterocycles. The molecule has 1 N–H and O–H groups in total. The van der Waals surface area contributed by atoms with Crippen molar-refractivity contribution in [2.45, 2.75) is 13.3 Å². The van der Waals surface area contributed by atoms with E-state index in [0.29, 0.717) is 24.4 Å². The van der Waals surface area contributed by atoms with Gasteiger partial charge in [-0.3, -0.25) is 0 Å². The number of para-hydroxylation sites is 3. The van der Waals surface area contributed by atoms with Crippen molar-refractivity contribution < 1.29 is 14.3 Å². The number of anilines is 1. The molecule has 0 bridgehead atoms. The number of ether oxygens (including phenoxy) is 2. The summed E-state index contributed by atoms with van der Waals surface area (Å²) in [5.41, 5.74) is 2.30. The van der Waals surface area contributed by atoms with E-state index in [0.717, 1.165) is 17.1 Å². The van der Waals surface area contributed by atoms with E-state index in [2.05, 4.69) is 5.32 Å². The molecule has 4 heteroatoms. The summed E-state index contributed by atoms with van der Waals surface area (Å²) in [5.74, 6) is 1.23. The summed E-state index contributed by atoms with van der Waals surface area (Å²) in [6.07, 6.45) is 0.638. The van der Waals surface area contributed by atoms with Gasteiger partial charge in [-0.1, -0.05) is 30.3 Å². The van der Waals surface area contributed by atoms with E-state index >= 15 is 0 Å². The molecule has 1 heterocycles. The molecule has 1 fully saturated rings. The fourth-order valence-corrected chi connectivity index (χ4v) is 2.33. The monoisotopic (exact) mass is 295 g/mol. The number of esters is 1. The molecule has 4 nitrogen and oxygen atoms in total. The van der Waals surface area contributed by atoms with E-state index in [-0.39, 0.29) is 5.97 Å². The zero-order chi connectivity index (χ0) is 15.4. The summed E-state index contributed by atoms with van der Waals surface area (Å²) in [6.45, 7) is 2.33. The molecule has 3 rings (SSSR count). The smallest absolute Gasteiger partial charge is 0.335 e. The topological polar surface area (TPSA) is 47.6 Å².